The van der Waals surface area contributed by atoms with Crippen molar-refractivity contribution < 1.29 is 22.8 Å². The van der Waals surface area contributed by atoms with Crippen molar-refractivity contribution in [1.29, 1.82) is 0 Å². The van der Waals surface area contributed by atoms with E-state index in [0.717, 1.165) is 17.5 Å². The minimum absolute atomic E-state index is 0.226. The van der Waals surface area contributed by atoms with Crippen LogP contribution >= 0.6 is 0 Å². The van der Waals surface area contributed by atoms with Crippen LogP contribution in [0.1, 0.15) is 11.3 Å². The molecular formula is C17H11F3N2O3. The van der Waals surface area contributed by atoms with Crippen LogP contribution in [-0.2, 0) is 6.18 Å². The molecule has 3 aromatic rings. The number of fused-ring (bicyclic) bond motifs is 1. The fourth-order valence-electron chi connectivity index (χ4n) is 2.34. The lowest BCUT2D eigenvalue weighted by Crippen LogP contribution is -2.06. The maximum atomic E-state index is 12.8. The van der Waals surface area contributed by atoms with Gasteiger partial charge in [0.1, 0.15) is 5.52 Å². The van der Waals surface area contributed by atoms with E-state index in [4.69, 9.17) is 4.74 Å². The number of pyridine rings is 1. The topological polar surface area (TPSA) is 65.3 Å². The summed E-state index contributed by atoms with van der Waals surface area (Å²) < 4.78 is 43.8. The van der Waals surface area contributed by atoms with Crippen LogP contribution in [0.25, 0.3) is 10.9 Å². The van der Waals surface area contributed by atoms with E-state index in [0.29, 0.717) is 17.3 Å². The van der Waals surface area contributed by atoms with Gasteiger partial charge in [-0.15, -0.1) is 0 Å². The van der Waals surface area contributed by atoms with E-state index < -0.39 is 22.4 Å². The fraction of sp³-hybridized carbons (Fsp3) is 0.118. The summed E-state index contributed by atoms with van der Waals surface area (Å²) in [4.78, 5) is 14.6. The Balaban J connectivity index is 2.09. The van der Waals surface area contributed by atoms with Gasteiger partial charge in [-0.2, -0.15) is 13.2 Å². The highest BCUT2D eigenvalue weighted by Gasteiger charge is 2.33. The third-order valence-corrected chi connectivity index (χ3v) is 3.53. The number of rotatable bonds is 3. The molecule has 0 fully saturated rings. The number of aromatic nitrogens is 1. The first kappa shape index (κ1) is 16.7. The lowest BCUT2D eigenvalue weighted by molar-refractivity contribution is -0.385. The van der Waals surface area contributed by atoms with Gasteiger partial charge in [0.05, 0.1) is 10.5 Å². The van der Waals surface area contributed by atoms with Crippen molar-refractivity contribution in [3.05, 3.63) is 69.9 Å². The SMILES string of the molecule is Cc1ccc2cccc(Oc3ccc(C(F)(F)F)cc3[N+](=O)[O-])c2n1. The summed E-state index contributed by atoms with van der Waals surface area (Å²) in [6.45, 7) is 1.77. The Bertz CT molecular complexity index is 971. The first-order valence-corrected chi connectivity index (χ1v) is 7.15. The van der Waals surface area contributed by atoms with Gasteiger partial charge < -0.3 is 4.74 Å². The first-order chi connectivity index (χ1) is 11.8. The van der Waals surface area contributed by atoms with E-state index in [2.05, 4.69) is 4.98 Å². The van der Waals surface area contributed by atoms with Gasteiger partial charge in [0.15, 0.2) is 5.75 Å². The molecule has 25 heavy (non-hydrogen) atoms. The molecular weight excluding hydrogens is 337 g/mol. The highest BCUT2D eigenvalue weighted by atomic mass is 19.4. The number of para-hydroxylation sites is 1. The van der Waals surface area contributed by atoms with Crippen LogP contribution in [0.2, 0.25) is 0 Å². The number of nitro groups is 1. The zero-order chi connectivity index (χ0) is 18.2. The van der Waals surface area contributed by atoms with Crippen molar-refractivity contribution in [2.24, 2.45) is 0 Å². The molecule has 0 spiro atoms. The van der Waals surface area contributed by atoms with E-state index in [1.165, 1.54) is 0 Å². The number of benzene rings is 2. The fourth-order valence-corrected chi connectivity index (χ4v) is 2.34. The monoisotopic (exact) mass is 348 g/mol. The molecule has 0 bridgehead atoms. The summed E-state index contributed by atoms with van der Waals surface area (Å²) in [6.07, 6.45) is -4.68. The number of hydrogen-bond donors (Lipinski definition) is 0. The Morgan fingerprint density at radius 1 is 1.08 bits per heavy atom. The van der Waals surface area contributed by atoms with Gasteiger partial charge in [-0.1, -0.05) is 18.2 Å². The average Bonchev–Trinajstić information content (AvgIpc) is 2.54. The van der Waals surface area contributed by atoms with Gasteiger partial charge in [-0.3, -0.25) is 10.1 Å². The van der Waals surface area contributed by atoms with E-state index in [9.17, 15) is 23.3 Å². The molecule has 0 amide bonds. The highest BCUT2D eigenvalue weighted by Crippen LogP contribution is 2.39. The predicted octanol–water partition coefficient (Wildman–Crippen LogP) is 5.26. The van der Waals surface area contributed by atoms with Gasteiger partial charge >= 0.3 is 11.9 Å². The molecule has 1 aromatic heterocycles. The predicted molar refractivity (Wildman–Crippen MR) is 84.7 cm³/mol. The van der Waals surface area contributed by atoms with Gasteiger partial charge in [0, 0.05) is 17.1 Å². The Morgan fingerprint density at radius 2 is 1.84 bits per heavy atom. The molecule has 5 nitrogen and oxygen atoms in total. The molecule has 3 rings (SSSR count). The Morgan fingerprint density at radius 3 is 2.52 bits per heavy atom. The van der Waals surface area contributed by atoms with Crippen LogP contribution in [0.4, 0.5) is 18.9 Å². The second kappa shape index (κ2) is 6.04. The molecule has 0 aliphatic rings. The molecule has 0 unspecified atom stereocenters. The smallest absolute Gasteiger partial charge is 0.416 e. The molecule has 0 aliphatic carbocycles. The zero-order valence-corrected chi connectivity index (χ0v) is 12.9. The molecule has 128 valence electrons. The summed E-state index contributed by atoms with van der Waals surface area (Å²) in [5, 5.41) is 11.9. The largest absolute Gasteiger partial charge is 0.448 e. The van der Waals surface area contributed by atoms with E-state index in [-0.39, 0.29) is 11.5 Å². The Hall–Kier alpha value is -3.16. The third-order valence-electron chi connectivity index (χ3n) is 3.53. The van der Waals surface area contributed by atoms with Crippen molar-refractivity contribution in [1.82, 2.24) is 4.98 Å². The van der Waals surface area contributed by atoms with Gasteiger partial charge in [-0.25, -0.2) is 4.98 Å². The van der Waals surface area contributed by atoms with Crippen LogP contribution in [0, 0.1) is 17.0 Å². The van der Waals surface area contributed by atoms with Crippen molar-refractivity contribution in [2.45, 2.75) is 13.1 Å². The summed E-state index contributed by atoms with van der Waals surface area (Å²) >= 11 is 0. The van der Waals surface area contributed by atoms with Crippen LogP contribution in [0.5, 0.6) is 11.5 Å². The molecule has 0 N–H and O–H groups in total. The van der Waals surface area contributed by atoms with Crippen LogP contribution in [0.15, 0.2) is 48.5 Å². The second-order valence-electron chi connectivity index (χ2n) is 5.32. The lowest BCUT2D eigenvalue weighted by Gasteiger charge is -2.11. The van der Waals surface area contributed by atoms with Gasteiger partial charge in [0.2, 0.25) is 5.75 Å². The molecule has 2 aromatic carbocycles. The highest BCUT2D eigenvalue weighted by molar-refractivity contribution is 5.85. The number of hydrogen-bond acceptors (Lipinski definition) is 4. The van der Waals surface area contributed by atoms with Gasteiger partial charge in [0.25, 0.3) is 0 Å². The van der Waals surface area contributed by atoms with E-state index >= 15 is 0 Å². The molecule has 1 heterocycles. The minimum atomic E-state index is -4.68. The summed E-state index contributed by atoms with van der Waals surface area (Å²) in [7, 11) is 0. The first-order valence-electron chi connectivity index (χ1n) is 7.15. The van der Waals surface area contributed by atoms with Gasteiger partial charge in [-0.05, 0) is 31.2 Å². The molecule has 8 heteroatoms. The minimum Gasteiger partial charge on any atom is -0.448 e. The van der Waals surface area contributed by atoms with Crippen molar-refractivity contribution in [3.63, 3.8) is 0 Å². The molecule has 0 saturated heterocycles. The Labute approximate surface area is 139 Å². The second-order valence-corrected chi connectivity index (χ2v) is 5.32. The number of ether oxygens (including phenoxy) is 1. The van der Waals surface area contributed by atoms with Crippen molar-refractivity contribution >= 4 is 16.6 Å². The number of nitro benzene ring substituents is 1. The third kappa shape index (κ3) is 3.37. The Kier molecular flexibility index (Phi) is 4.03. The van der Waals surface area contributed by atoms with Crippen LogP contribution < -0.4 is 4.74 Å². The maximum Gasteiger partial charge on any atom is 0.416 e. The maximum absolute atomic E-state index is 12.8. The van der Waals surface area contributed by atoms with Crippen molar-refractivity contribution in [2.75, 3.05) is 0 Å². The molecule has 0 atom stereocenters. The van der Waals surface area contributed by atoms with Crippen molar-refractivity contribution in [3.8, 4) is 11.5 Å². The molecule has 0 radical (unpaired) electrons. The number of nitrogens with zero attached hydrogens (tertiary/aromatic N) is 2. The van der Waals surface area contributed by atoms with Crippen LogP contribution in [0.3, 0.4) is 0 Å². The molecule has 0 saturated carbocycles. The molecule has 0 aliphatic heterocycles. The van der Waals surface area contributed by atoms with E-state index in [1.54, 1.807) is 31.2 Å². The normalized spacial score (nSPS) is 11.5. The zero-order valence-electron chi connectivity index (χ0n) is 12.9. The summed E-state index contributed by atoms with van der Waals surface area (Å²) in [6, 6.07) is 10.8. The quantitative estimate of drug-likeness (QED) is 0.478. The summed E-state index contributed by atoms with van der Waals surface area (Å²) in [5.74, 6) is -0.0575. The number of alkyl halides is 3. The van der Waals surface area contributed by atoms with Crippen LogP contribution in [-0.4, -0.2) is 9.91 Å². The lowest BCUT2D eigenvalue weighted by atomic mass is 10.1. The van der Waals surface area contributed by atoms with E-state index in [1.807, 2.05) is 6.07 Å². The summed E-state index contributed by atoms with van der Waals surface area (Å²) in [5.41, 5.74) is -0.694. The number of aryl methyl sites for hydroxylation is 1. The number of halogens is 3. The average molecular weight is 348 g/mol. The standard InChI is InChI=1S/C17H11F3N2O3/c1-10-5-6-11-3-2-4-15(16(11)21-10)25-14-8-7-12(17(18,19)20)9-13(14)22(23)24/h2-9H,1H3.